The molecule has 0 saturated carbocycles. The molecule has 3 N–H and O–H groups in total. The molecule has 4 heterocycles. The summed E-state index contributed by atoms with van der Waals surface area (Å²) in [6.07, 6.45) is 3.07. The van der Waals surface area contributed by atoms with E-state index in [-0.39, 0.29) is 40.1 Å². The van der Waals surface area contributed by atoms with Crippen LogP contribution >= 0.6 is 11.6 Å². The van der Waals surface area contributed by atoms with Crippen molar-refractivity contribution in [3.63, 3.8) is 0 Å². The number of aromatic nitrogens is 5. The van der Waals surface area contributed by atoms with Gasteiger partial charge in [-0.25, -0.2) is 14.2 Å². The van der Waals surface area contributed by atoms with Gasteiger partial charge in [0.25, 0.3) is 5.56 Å². The minimum atomic E-state index is -1.28. The number of pyridine rings is 2. The molecule has 5 rings (SSSR count). The van der Waals surface area contributed by atoms with E-state index in [2.05, 4.69) is 20.2 Å². The maximum Gasteiger partial charge on any atom is 0.353 e. The van der Waals surface area contributed by atoms with Crippen molar-refractivity contribution in [3.8, 4) is 11.1 Å². The predicted octanol–water partition coefficient (Wildman–Crippen LogP) is 4.12. The molecule has 32 heavy (non-hydrogen) atoms. The molecule has 0 aliphatic heterocycles. The number of hydrogen-bond donors (Lipinski definition) is 3. The van der Waals surface area contributed by atoms with Crippen LogP contribution in [0.5, 0.6) is 0 Å². The van der Waals surface area contributed by atoms with E-state index in [1.165, 1.54) is 29.8 Å². The van der Waals surface area contributed by atoms with Gasteiger partial charge in [0, 0.05) is 34.8 Å². The van der Waals surface area contributed by atoms with E-state index >= 15 is 0 Å². The number of nitrogens with one attached hydrogen (secondary N) is 2. The first-order valence-corrected chi connectivity index (χ1v) is 9.95. The van der Waals surface area contributed by atoms with Gasteiger partial charge < -0.3 is 14.7 Å². The van der Waals surface area contributed by atoms with E-state index < -0.39 is 17.3 Å². The molecular weight excluding hydrogens is 437 g/mol. The highest BCUT2D eigenvalue weighted by Gasteiger charge is 2.27. The second-order valence-corrected chi connectivity index (χ2v) is 7.76. The van der Waals surface area contributed by atoms with Gasteiger partial charge in [-0.1, -0.05) is 11.6 Å². The molecule has 0 aliphatic carbocycles. The van der Waals surface area contributed by atoms with Crippen LogP contribution in [0, 0.1) is 12.7 Å². The normalized spacial score (nSPS) is 11.5. The molecule has 10 heteroatoms. The van der Waals surface area contributed by atoms with E-state index in [0.29, 0.717) is 10.6 Å². The van der Waals surface area contributed by atoms with Gasteiger partial charge in [0.1, 0.15) is 11.5 Å². The number of benzene rings is 1. The highest BCUT2D eigenvalue weighted by molar-refractivity contribution is 6.32. The van der Waals surface area contributed by atoms with Gasteiger partial charge in [-0.15, -0.1) is 0 Å². The van der Waals surface area contributed by atoms with Gasteiger partial charge in [-0.3, -0.25) is 9.89 Å². The number of carbonyl (C=O) groups is 1. The zero-order valence-corrected chi connectivity index (χ0v) is 17.4. The van der Waals surface area contributed by atoms with Crippen LogP contribution in [0.3, 0.4) is 0 Å². The lowest BCUT2D eigenvalue weighted by atomic mass is 10.1. The number of aryl methyl sites for hydroxylation is 1. The first-order chi connectivity index (χ1) is 15.3. The van der Waals surface area contributed by atoms with E-state index in [0.717, 1.165) is 10.9 Å². The van der Waals surface area contributed by atoms with Crippen LogP contribution in [-0.4, -0.2) is 35.8 Å². The highest BCUT2D eigenvalue weighted by atomic mass is 35.5. The van der Waals surface area contributed by atoms with E-state index in [1.807, 2.05) is 0 Å². The molecule has 0 bridgehead atoms. The molecule has 1 aromatic carbocycles. The van der Waals surface area contributed by atoms with E-state index in [4.69, 9.17) is 11.6 Å². The molecule has 5 aromatic rings. The molecule has 0 atom stereocenters. The summed E-state index contributed by atoms with van der Waals surface area (Å²) in [7, 11) is 0. The largest absolute Gasteiger partial charge is 0.477 e. The minimum absolute atomic E-state index is 0.0208. The Morgan fingerprint density at radius 3 is 2.88 bits per heavy atom. The van der Waals surface area contributed by atoms with Gasteiger partial charge in [0.2, 0.25) is 0 Å². The van der Waals surface area contributed by atoms with Crippen LogP contribution in [0.4, 0.5) is 4.39 Å². The Hall–Kier alpha value is -3.98. The lowest BCUT2D eigenvalue weighted by Gasteiger charge is -2.11. The standard InChI is InChI=1S/C22H15ClFN5O3/c1-10-15(24)7-17-19(27-10)18(13-3-2-4-25-21(13)30)20(22(31)32)29(17)9-12-5-11-8-26-28-16(11)6-14(12)23/h2-8H,9H2,1H3,(H,25,30)(H,26,28)(H,31,32). The van der Waals surface area contributed by atoms with Crippen molar-refractivity contribution in [3.05, 3.63) is 80.9 Å². The predicted molar refractivity (Wildman–Crippen MR) is 118 cm³/mol. The second-order valence-electron chi connectivity index (χ2n) is 7.35. The van der Waals surface area contributed by atoms with Crippen molar-refractivity contribution in [1.82, 2.24) is 24.7 Å². The maximum absolute atomic E-state index is 14.5. The van der Waals surface area contributed by atoms with E-state index in [1.54, 1.807) is 24.4 Å². The number of H-pyrrole nitrogens is 2. The van der Waals surface area contributed by atoms with Gasteiger partial charge in [-0.05, 0) is 36.8 Å². The molecule has 0 aliphatic rings. The van der Waals surface area contributed by atoms with Gasteiger partial charge in [0.15, 0.2) is 0 Å². The molecule has 0 fully saturated rings. The number of hydrogen-bond acceptors (Lipinski definition) is 4. The molecule has 4 aromatic heterocycles. The number of rotatable bonds is 4. The van der Waals surface area contributed by atoms with Crippen LogP contribution in [-0.2, 0) is 6.54 Å². The fraction of sp³-hybridized carbons (Fsp3) is 0.0909. The Kier molecular flexibility index (Phi) is 4.56. The third kappa shape index (κ3) is 3.05. The summed E-state index contributed by atoms with van der Waals surface area (Å²) < 4.78 is 15.9. The summed E-state index contributed by atoms with van der Waals surface area (Å²) in [5, 5.41) is 18.1. The molecule has 0 radical (unpaired) electrons. The van der Waals surface area contributed by atoms with Crippen molar-refractivity contribution < 1.29 is 14.3 Å². The monoisotopic (exact) mass is 451 g/mol. The number of halogens is 2. The lowest BCUT2D eigenvalue weighted by molar-refractivity contribution is 0.0687. The Bertz CT molecular complexity index is 1600. The first-order valence-electron chi connectivity index (χ1n) is 9.57. The van der Waals surface area contributed by atoms with Gasteiger partial charge in [-0.2, -0.15) is 5.10 Å². The highest BCUT2D eigenvalue weighted by Crippen LogP contribution is 2.35. The number of aromatic amines is 2. The van der Waals surface area contributed by atoms with Crippen molar-refractivity contribution in [1.29, 1.82) is 0 Å². The summed E-state index contributed by atoms with van der Waals surface area (Å²) in [6, 6.07) is 7.80. The summed E-state index contributed by atoms with van der Waals surface area (Å²) in [5.74, 6) is -1.86. The van der Waals surface area contributed by atoms with Crippen LogP contribution in [0.2, 0.25) is 5.02 Å². The number of carboxylic acid groups (broad SMARTS) is 1. The summed E-state index contributed by atoms with van der Waals surface area (Å²) in [5.41, 5.74) is 1.49. The topological polar surface area (TPSA) is 117 Å². The fourth-order valence-electron chi connectivity index (χ4n) is 3.89. The van der Waals surface area contributed by atoms with Crippen LogP contribution < -0.4 is 5.56 Å². The SMILES string of the molecule is Cc1nc2c(-c3ccc[nH]c3=O)c(C(=O)O)n(Cc3cc4cn[nH]c4cc3Cl)c2cc1F. The van der Waals surface area contributed by atoms with Crippen molar-refractivity contribution in [2.24, 2.45) is 0 Å². The van der Waals surface area contributed by atoms with E-state index in [9.17, 15) is 19.1 Å². The van der Waals surface area contributed by atoms with Crippen LogP contribution in [0.25, 0.3) is 33.1 Å². The number of aromatic carboxylic acids is 1. The third-order valence-electron chi connectivity index (χ3n) is 5.39. The summed E-state index contributed by atoms with van der Waals surface area (Å²) in [4.78, 5) is 31.8. The van der Waals surface area contributed by atoms with Crippen molar-refractivity contribution in [2.75, 3.05) is 0 Å². The molecular formula is C22H15ClFN5O3. The van der Waals surface area contributed by atoms with Gasteiger partial charge in [0.05, 0.1) is 34.0 Å². The third-order valence-corrected chi connectivity index (χ3v) is 5.74. The number of nitrogens with zero attached hydrogens (tertiary/aromatic N) is 3. The Labute approximate surface area is 184 Å². The summed E-state index contributed by atoms with van der Waals surface area (Å²) >= 11 is 6.45. The maximum atomic E-state index is 14.5. The summed E-state index contributed by atoms with van der Waals surface area (Å²) in [6.45, 7) is 1.50. The molecule has 160 valence electrons. The number of carboxylic acids is 1. The van der Waals surface area contributed by atoms with Crippen molar-refractivity contribution in [2.45, 2.75) is 13.5 Å². The van der Waals surface area contributed by atoms with Crippen molar-refractivity contribution >= 4 is 39.5 Å². The molecule has 0 amide bonds. The molecule has 0 unspecified atom stereocenters. The van der Waals surface area contributed by atoms with Gasteiger partial charge >= 0.3 is 5.97 Å². The molecule has 0 saturated heterocycles. The molecule has 0 spiro atoms. The Morgan fingerprint density at radius 1 is 1.31 bits per heavy atom. The Balaban J connectivity index is 1.85. The zero-order chi connectivity index (χ0) is 22.6. The van der Waals surface area contributed by atoms with Crippen LogP contribution in [0.15, 0.2) is 47.5 Å². The average Bonchev–Trinajstić information content (AvgIpc) is 3.31. The average molecular weight is 452 g/mol. The molecule has 8 nitrogen and oxygen atoms in total. The fourth-order valence-corrected chi connectivity index (χ4v) is 4.12. The quantitative estimate of drug-likeness (QED) is 0.380. The lowest BCUT2D eigenvalue weighted by Crippen LogP contribution is -2.13. The van der Waals surface area contributed by atoms with Crippen LogP contribution in [0.1, 0.15) is 21.7 Å². The zero-order valence-electron chi connectivity index (χ0n) is 16.6. The minimum Gasteiger partial charge on any atom is -0.477 e. The smallest absolute Gasteiger partial charge is 0.353 e. The second kappa shape index (κ2) is 7.31. The first kappa shape index (κ1) is 20.0. The Morgan fingerprint density at radius 2 is 2.12 bits per heavy atom. The number of fused-ring (bicyclic) bond motifs is 2.